The molecule has 7 heteroatoms. The van der Waals surface area contributed by atoms with Gasteiger partial charge in [0, 0.05) is 11.1 Å². The second-order valence-electron chi connectivity index (χ2n) is 6.35. The predicted octanol–water partition coefficient (Wildman–Crippen LogP) is 3.66. The summed E-state index contributed by atoms with van der Waals surface area (Å²) in [7, 11) is 1.22. The van der Waals surface area contributed by atoms with E-state index < -0.39 is 11.4 Å². The van der Waals surface area contributed by atoms with E-state index >= 15 is 0 Å². The maximum absolute atomic E-state index is 12.7. The van der Waals surface area contributed by atoms with Crippen molar-refractivity contribution in [3.05, 3.63) is 69.4 Å². The van der Waals surface area contributed by atoms with Gasteiger partial charge >= 0.3 is 5.97 Å². The normalized spacial score (nSPS) is 10.7. The molecular formula is C21H20N2O4S. The zero-order valence-corrected chi connectivity index (χ0v) is 16.6. The lowest BCUT2D eigenvalue weighted by Crippen LogP contribution is -2.20. The Morgan fingerprint density at radius 3 is 2.61 bits per heavy atom. The molecule has 28 heavy (non-hydrogen) atoms. The second kappa shape index (κ2) is 8.31. The first kappa shape index (κ1) is 19.7. The third-order valence-electron chi connectivity index (χ3n) is 4.27. The number of fused-ring (bicyclic) bond motifs is 1. The van der Waals surface area contributed by atoms with Gasteiger partial charge < -0.3 is 15.0 Å². The van der Waals surface area contributed by atoms with E-state index in [4.69, 9.17) is 4.74 Å². The van der Waals surface area contributed by atoms with Crippen molar-refractivity contribution in [1.82, 2.24) is 4.98 Å². The number of anilines is 1. The molecule has 0 aliphatic rings. The Morgan fingerprint density at radius 2 is 1.89 bits per heavy atom. The minimum absolute atomic E-state index is 0.0333. The molecule has 0 spiro atoms. The van der Waals surface area contributed by atoms with Crippen molar-refractivity contribution in [3.63, 3.8) is 0 Å². The molecule has 3 rings (SSSR count). The van der Waals surface area contributed by atoms with Gasteiger partial charge in [0.1, 0.15) is 5.56 Å². The van der Waals surface area contributed by atoms with Crippen LogP contribution in [0.15, 0.2) is 52.3 Å². The number of carbonyl (C=O) groups is 2. The van der Waals surface area contributed by atoms with Gasteiger partial charge in [-0.1, -0.05) is 41.6 Å². The molecule has 3 aromatic rings. The molecular weight excluding hydrogens is 376 g/mol. The second-order valence-corrected chi connectivity index (χ2v) is 7.34. The summed E-state index contributed by atoms with van der Waals surface area (Å²) >= 11 is 1.09. The van der Waals surface area contributed by atoms with Gasteiger partial charge in [0.15, 0.2) is 0 Å². The molecule has 0 atom stereocenters. The number of H-pyrrole nitrogens is 1. The summed E-state index contributed by atoms with van der Waals surface area (Å²) in [5.74, 6) is -0.933. The number of thioether (sulfide) groups is 1. The number of amides is 1. The molecule has 0 aliphatic heterocycles. The number of aryl methyl sites for hydroxylation is 2. The fourth-order valence-electron chi connectivity index (χ4n) is 2.89. The number of aromatic nitrogens is 1. The number of para-hydroxylation sites is 1. The molecule has 1 amide bonds. The van der Waals surface area contributed by atoms with E-state index in [1.54, 1.807) is 24.3 Å². The van der Waals surface area contributed by atoms with Crippen molar-refractivity contribution in [1.29, 1.82) is 0 Å². The first-order valence-corrected chi connectivity index (χ1v) is 9.62. The molecule has 144 valence electrons. The smallest absolute Gasteiger partial charge is 0.344 e. The third-order valence-corrected chi connectivity index (χ3v) is 5.27. The van der Waals surface area contributed by atoms with Crippen LogP contribution in [0.5, 0.6) is 0 Å². The van der Waals surface area contributed by atoms with Crippen molar-refractivity contribution in [2.75, 3.05) is 18.2 Å². The van der Waals surface area contributed by atoms with Crippen LogP contribution in [0.1, 0.15) is 21.5 Å². The Morgan fingerprint density at radius 1 is 1.14 bits per heavy atom. The number of hydrogen-bond donors (Lipinski definition) is 2. The molecule has 0 saturated heterocycles. The van der Waals surface area contributed by atoms with Crippen LogP contribution in [0.4, 0.5) is 5.69 Å². The van der Waals surface area contributed by atoms with Crippen LogP contribution in [0.3, 0.4) is 0 Å². The number of pyridine rings is 1. The Hall–Kier alpha value is -3.06. The number of hydrogen-bond acceptors (Lipinski definition) is 5. The zero-order chi connectivity index (χ0) is 20.3. The highest BCUT2D eigenvalue weighted by Gasteiger charge is 2.20. The summed E-state index contributed by atoms with van der Waals surface area (Å²) < 4.78 is 4.76. The Labute approximate surface area is 166 Å². The zero-order valence-electron chi connectivity index (χ0n) is 15.8. The molecule has 0 radical (unpaired) electrons. The van der Waals surface area contributed by atoms with Crippen LogP contribution in [0.2, 0.25) is 0 Å². The summed E-state index contributed by atoms with van der Waals surface area (Å²) in [5.41, 5.74) is 2.90. The van der Waals surface area contributed by atoms with E-state index in [1.165, 1.54) is 7.11 Å². The van der Waals surface area contributed by atoms with E-state index in [2.05, 4.69) is 10.3 Å². The molecule has 0 aliphatic carbocycles. The van der Waals surface area contributed by atoms with Crippen molar-refractivity contribution in [2.45, 2.75) is 18.9 Å². The summed E-state index contributed by atoms with van der Waals surface area (Å²) in [6.45, 7) is 3.91. The van der Waals surface area contributed by atoms with Gasteiger partial charge in [-0.05, 0) is 37.6 Å². The van der Waals surface area contributed by atoms with E-state index in [0.29, 0.717) is 15.9 Å². The number of nitrogens with one attached hydrogen (secondary N) is 2. The molecule has 2 N–H and O–H groups in total. The topological polar surface area (TPSA) is 88.3 Å². The van der Waals surface area contributed by atoms with Gasteiger partial charge in [-0.3, -0.25) is 9.59 Å². The lowest BCUT2D eigenvalue weighted by atomic mass is 10.1. The maximum Gasteiger partial charge on any atom is 0.344 e. The first-order valence-electron chi connectivity index (χ1n) is 8.64. The van der Waals surface area contributed by atoms with Gasteiger partial charge in [-0.2, -0.15) is 0 Å². The maximum atomic E-state index is 12.7. The van der Waals surface area contributed by atoms with Gasteiger partial charge in [0.05, 0.1) is 23.4 Å². The van der Waals surface area contributed by atoms with Crippen molar-refractivity contribution >= 4 is 40.2 Å². The fourth-order valence-corrected chi connectivity index (χ4v) is 3.74. The van der Waals surface area contributed by atoms with Crippen LogP contribution < -0.4 is 10.7 Å². The van der Waals surface area contributed by atoms with Crippen LogP contribution in [0, 0.1) is 13.8 Å². The van der Waals surface area contributed by atoms with E-state index in [0.717, 1.165) is 28.6 Å². The van der Waals surface area contributed by atoms with Gasteiger partial charge in [0.25, 0.3) is 0 Å². The number of rotatable bonds is 5. The molecule has 1 heterocycles. The van der Waals surface area contributed by atoms with Crippen LogP contribution >= 0.6 is 11.8 Å². The quantitative estimate of drug-likeness (QED) is 0.508. The average Bonchev–Trinajstić information content (AvgIpc) is 2.68. The predicted molar refractivity (Wildman–Crippen MR) is 111 cm³/mol. The molecule has 2 aromatic carbocycles. The van der Waals surface area contributed by atoms with Gasteiger partial charge in [-0.15, -0.1) is 0 Å². The molecule has 0 fully saturated rings. The van der Waals surface area contributed by atoms with E-state index in [9.17, 15) is 14.4 Å². The number of methoxy groups -OCH3 is 1. The molecule has 1 aromatic heterocycles. The minimum Gasteiger partial charge on any atom is -0.465 e. The highest BCUT2D eigenvalue weighted by Crippen LogP contribution is 2.23. The lowest BCUT2D eigenvalue weighted by Gasteiger charge is -2.11. The van der Waals surface area contributed by atoms with Crippen LogP contribution in [-0.4, -0.2) is 29.7 Å². The highest BCUT2D eigenvalue weighted by molar-refractivity contribution is 8.00. The number of aromatic amines is 1. The number of ether oxygens (including phenoxy) is 1. The van der Waals surface area contributed by atoms with Crippen molar-refractivity contribution < 1.29 is 14.3 Å². The fraction of sp³-hybridized carbons (Fsp3) is 0.190. The average molecular weight is 396 g/mol. The first-order chi connectivity index (χ1) is 13.4. The number of esters is 1. The summed E-state index contributed by atoms with van der Waals surface area (Å²) in [6.07, 6.45) is 0. The monoisotopic (exact) mass is 396 g/mol. The molecule has 0 saturated carbocycles. The molecule has 6 nitrogen and oxygen atoms in total. The van der Waals surface area contributed by atoms with Crippen LogP contribution in [0.25, 0.3) is 10.9 Å². The lowest BCUT2D eigenvalue weighted by molar-refractivity contribution is -0.113. The van der Waals surface area contributed by atoms with Crippen molar-refractivity contribution in [3.8, 4) is 0 Å². The molecule has 0 unspecified atom stereocenters. The largest absolute Gasteiger partial charge is 0.465 e. The van der Waals surface area contributed by atoms with Crippen molar-refractivity contribution in [2.24, 2.45) is 0 Å². The minimum atomic E-state index is -0.732. The SMILES string of the molecule is COC(=O)c1c(SCC(=O)Nc2ccc(C)cc2C)[nH]c2ccccc2c1=O. The highest BCUT2D eigenvalue weighted by atomic mass is 32.2. The Bertz CT molecular complexity index is 1120. The van der Waals surface area contributed by atoms with E-state index in [-0.39, 0.29) is 17.2 Å². The standard InChI is InChI=1S/C21H20N2O4S/c1-12-8-9-15(13(2)10-12)22-17(24)11-28-20-18(21(26)27-3)19(25)14-6-4-5-7-16(14)23-20/h4-10H,11H2,1-3H3,(H,22,24)(H,23,25). The summed E-state index contributed by atoms with van der Waals surface area (Å²) in [6, 6.07) is 12.7. The van der Waals surface area contributed by atoms with Crippen LogP contribution in [-0.2, 0) is 9.53 Å². The Kier molecular flexibility index (Phi) is 5.84. The number of carbonyl (C=O) groups excluding carboxylic acids is 2. The van der Waals surface area contributed by atoms with Gasteiger partial charge in [0.2, 0.25) is 11.3 Å². The summed E-state index contributed by atoms with van der Waals surface area (Å²) in [5, 5.41) is 3.56. The third kappa shape index (κ3) is 4.09. The Balaban J connectivity index is 1.86. The van der Waals surface area contributed by atoms with Gasteiger partial charge in [-0.25, -0.2) is 4.79 Å². The number of benzene rings is 2. The van der Waals surface area contributed by atoms with E-state index in [1.807, 2.05) is 32.0 Å². The summed E-state index contributed by atoms with van der Waals surface area (Å²) in [4.78, 5) is 40.3. The molecule has 0 bridgehead atoms.